The molecule has 0 spiro atoms. The van der Waals surface area contributed by atoms with Crippen molar-refractivity contribution in [2.75, 3.05) is 20.3 Å². The maximum Gasteiger partial charge on any atom is 0.242 e. The fourth-order valence-corrected chi connectivity index (χ4v) is 2.61. The number of imidazole rings is 1. The second kappa shape index (κ2) is 6.39. The van der Waals surface area contributed by atoms with Crippen molar-refractivity contribution in [1.29, 1.82) is 0 Å². The summed E-state index contributed by atoms with van der Waals surface area (Å²) in [5, 5.41) is 3.38. The monoisotopic (exact) mass is 313 g/mol. The van der Waals surface area contributed by atoms with Gasteiger partial charge in [0.15, 0.2) is 4.77 Å². The van der Waals surface area contributed by atoms with E-state index < -0.39 is 6.04 Å². The predicted molar refractivity (Wildman–Crippen MR) is 81.7 cm³/mol. The fraction of sp³-hybridized carbons (Fsp3) is 0.385. The first kappa shape index (κ1) is 15.0. The molecule has 0 aliphatic carbocycles. The second-order valence-electron chi connectivity index (χ2n) is 4.39. The largest absolute Gasteiger partial charge is 0.383 e. The molecule has 5 nitrogen and oxygen atoms in total. The van der Waals surface area contributed by atoms with Crippen LogP contribution in [0.2, 0.25) is 5.02 Å². The van der Waals surface area contributed by atoms with Crippen LogP contribution in [-0.4, -0.2) is 35.7 Å². The lowest BCUT2D eigenvalue weighted by molar-refractivity contribution is -0.124. The summed E-state index contributed by atoms with van der Waals surface area (Å²) in [5.74, 6) is -0.112. The highest BCUT2D eigenvalue weighted by atomic mass is 35.5. The molecule has 108 valence electrons. The summed E-state index contributed by atoms with van der Waals surface area (Å²) in [6.07, 6.45) is 0. The van der Waals surface area contributed by atoms with Gasteiger partial charge < -0.3 is 19.6 Å². The van der Waals surface area contributed by atoms with Crippen LogP contribution in [-0.2, 0) is 9.53 Å². The minimum Gasteiger partial charge on any atom is -0.383 e. The summed E-state index contributed by atoms with van der Waals surface area (Å²) in [6, 6.07) is 5.07. The summed E-state index contributed by atoms with van der Waals surface area (Å²) in [5.41, 5.74) is 1.56. The topological polar surface area (TPSA) is 59.0 Å². The number of carbonyl (C=O) groups excluding carboxylic acids is 1. The molecular weight excluding hydrogens is 298 g/mol. The van der Waals surface area contributed by atoms with Crippen LogP contribution < -0.4 is 5.32 Å². The van der Waals surface area contributed by atoms with Crippen LogP contribution in [0.5, 0.6) is 0 Å². The van der Waals surface area contributed by atoms with Crippen LogP contribution in [0.25, 0.3) is 11.0 Å². The number of carbonyl (C=O) groups is 1. The van der Waals surface area contributed by atoms with Gasteiger partial charge in [0.25, 0.3) is 0 Å². The van der Waals surface area contributed by atoms with E-state index in [-0.39, 0.29) is 5.91 Å². The molecule has 0 radical (unpaired) electrons. The number of H-pyrrole nitrogens is 1. The average molecular weight is 314 g/mol. The van der Waals surface area contributed by atoms with Gasteiger partial charge >= 0.3 is 0 Å². The number of fused-ring (bicyclic) bond motifs is 1. The van der Waals surface area contributed by atoms with E-state index in [4.69, 9.17) is 28.6 Å². The standard InChI is InChI=1S/C13H16ClN3O2S/c1-8(12(18)15-6-7-19-2)17-10-5-3-4-9(14)11(10)16-13(17)20/h3-5,8H,6-7H2,1-2H3,(H,15,18)(H,16,20). The van der Waals surface area contributed by atoms with Crippen molar-refractivity contribution in [3.05, 3.63) is 28.0 Å². The lowest BCUT2D eigenvalue weighted by atomic mass is 10.2. The minimum absolute atomic E-state index is 0.112. The molecule has 2 N–H and O–H groups in total. The van der Waals surface area contributed by atoms with E-state index in [0.717, 1.165) is 11.0 Å². The van der Waals surface area contributed by atoms with E-state index >= 15 is 0 Å². The number of aromatic nitrogens is 2. The molecule has 1 unspecified atom stereocenters. The summed E-state index contributed by atoms with van der Waals surface area (Å²) in [4.78, 5) is 15.2. The fourth-order valence-electron chi connectivity index (χ4n) is 2.04. The van der Waals surface area contributed by atoms with Crippen molar-refractivity contribution < 1.29 is 9.53 Å². The molecule has 1 amide bonds. The molecule has 2 aromatic rings. The number of rotatable bonds is 5. The second-order valence-corrected chi connectivity index (χ2v) is 5.19. The Balaban J connectivity index is 2.33. The van der Waals surface area contributed by atoms with Crippen molar-refractivity contribution in [2.45, 2.75) is 13.0 Å². The highest BCUT2D eigenvalue weighted by Gasteiger charge is 2.18. The predicted octanol–water partition coefficient (Wildman–Crippen LogP) is 2.68. The van der Waals surface area contributed by atoms with E-state index in [1.165, 1.54) is 0 Å². The Morgan fingerprint density at radius 3 is 3.05 bits per heavy atom. The molecule has 0 saturated carbocycles. The quantitative estimate of drug-likeness (QED) is 0.659. The van der Waals surface area contributed by atoms with Gasteiger partial charge in [-0.3, -0.25) is 4.79 Å². The Kier molecular flexibility index (Phi) is 4.80. The van der Waals surface area contributed by atoms with Crippen molar-refractivity contribution in [1.82, 2.24) is 14.9 Å². The summed E-state index contributed by atoms with van der Waals surface area (Å²) in [7, 11) is 1.59. The van der Waals surface area contributed by atoms with Crippen LogP contribution in [0.3, 0.4) is 0 Å². The summed E-state index contributed by atoms with van der Waals surface area (Å²) in [6.45, 7) is 2.74. The van der Waals surface area contributed by atoms with Gasteiger partial charge in [0.05, 0.1) is 22.7 Å². The third-order valence-electron chi connectivity index (χ3n) is 3.07. The third kappa shape index (κ3) is 2.87. The lowest BCUT2D eigenvalue weighted by Gasteiger charge is -2.14. The molecular formula is C13H16ClN3O2S. The van der Waals surface area contributed by atoms with Crippen LogP contribution in [0, 0.1) is 4.77 Å². The molecule has 1 aromatic carbocycles. The summed E-state index contributed by atoms with van der Waals surface area (Å²) >= 11 is 11.4. The molecule has 0 fully saturated rings. The van der Waals surface area contributed by atoms with Crippen LogP contribution >= 0.6 is 23.8 Å². The number of hydrogen-bond donors (Lipinski definition) is 2. The highest BCUT2D eigenvalue weighted by Crippen LogP contribution is 2.25. The first-order chi connectivity index (χ1) is 9.56. The number of ether oxygens (including phenoxy) is 1. The Morgan fingerprint density at radius 1 is 1.60 bits per heavy atom. The van der Waals surface area contributed by atoms with Crippen molar-refractivity contribution >= 4 is 40.8 Å². The van der Waals surface area contributed by atoms with Crippen LogP contribution in [0.4, 0.5) is 0 Å². The highest BCUT2D eigenvalue weighted by molar-refractivity contribution is 7.71. The maximum atomic E-state index is 12.1. The van der Waals surface area contributed by atoms with E-state index in [2.05, 4.69) is 10.3 Å². The van der Waals surface area contributed by atoms with E-state index in [9.17, 15) is 4.79 Å². The van der Waals surface area contributed by atoms with Gasteiger partial charge in [0, 0.05) is 13.7 Å². The lowest BCUT2D eigenvalue weighted by Crippen LogP contribution is -2.33. The SMILES string of the molecule is COCCNC(=O)C(C)n1c(=S)[nH]c2c(Cl)cccc21. The van der Waals surface area contributed by atoms with Gasteiger partial charge in [-0.1, -0.05) is 17.7 Å². The zero-order valence-electron chi connectivity index (χ0n) is 11.3. The van der Waals surface area contributed by atoms with Crippen LogP contribution in [0.1, 0.15) is 13.0 Å². The number of benzene rings is 1. The summed E-state index contributed by atoms with van der Waals surface area (Å²) < 4.78 is 7.14. The molecule has 0 bridgehead atoms. The first-order valence-corrected chi connectivity index (χ1v) is 7.00. The Bertz CT molecular complexity index is 680. The molecule has 0 aliphatic heterocycles. The van der Waals surface area contributed by atoms with Crippen molar-refractivity contribution in [3.63, 3.8) is 0 Å². The Morgan fingerprint density at radius 2 is 2.35 bits per heavy atom. The van der Waals surface area contributed by atoms with Gasteiger partial charge in [0.1, 0.15) is 6.04 Å². The van der Waals surface area contributed by atoms with Crippen molar-refractivity contribution in [3.8, 4) is 0 Å². The smallest absolute Gasteiger partial charge is 0.242 e. The Labute approximate surface area is 126 Å². The van der Waals surface area contributed by atoms with Gasteiger partial charge in [0.2, 0.25) is 5.91 Å². The molecule has 1 atom stereocenters. The molecule has 0 aliphatic rings. The van der Waals surface area contributed by atoms with E-state index in [0.29, 0.717) is 22.9 Å². The van der Waals surface area contributed by atoms with Gasteiger partial charge in [-0.2, -0.15) is 0 Å². The van der Waals surface area contributed by atoms with Gasteiger partial charge in [-0.15, -0.1) is 0 Å². The number of halogens is 1. The number of amides is 1. The van der Waals surface area contributed by atoms with E-state index in [1.807, 2.05) is 12.1 Å². The van der Waals surface area contributed by atoms with Gasteiger partial charge in [-0.25, -0.2) is 0 Å². The number of aromatic amines is 1. The zero-order chi connectivity index (χ0) is 14.7. The molecule has 20 heavy (non-hydrogen) atoms. The zero-order valence-corrected chi connectivity index (χ0v) is 12.8. The molecule has 7 heteroatoms. The number of para-hydroxylation sites is 1. The minimum atomic E-state index is -0.424. The Hall–Kier alpha value is -1.37. The maximum absolute atomic E-state index is 12.1. The molecule has 0 saturated heterocycles. The average Bonchev–Trinajstić information content (AvgIpc) is 2.76. The van der Waals surface area contributed by atoms with Crippen LogP contribution in [0.15, 0.2) is 18.2 Å². The molecule has 2 rings (SSSR count). The molecule has 1 heterocycles. The number of nitrogens with zero attached hydrogens (tertiary/aromatic N) is 1. The van der Waals surface area contributed by atoms with Crippen molar-refractivity contribution in [2.24, 2.45) is 0 Å². The first-order valence-electron chi connectivity index (χ1n) is 6.21. The third-order valence-corrected chi connectivity index (χ3v) is 3.69. The van der Waals surface area contributed by atoms with Gasteiger partial charge in [-0.05, 0) is 31.3 Å². The molecule has 1 aromatic heterocycles. The number of methoxy groups -OCH3 is 1. The normalized spacial score (nSPS) is 12.6. The van der Waals surface area contributed by atoms with E-state index in [1.54, 1.807) is 24.7 Å². The number of hydrogen-bond acceptors (Lipinski definition) is 3. The number of nitrogens with one attached hydrogen (secondary N) is 2.